The smallest absolute Gasteiger partial charge is 0.260 e. The van der Waals surface area contributed by atoms with E-state index in [9.17, 15) is 13.2 Å². The van der Waals surface area contributed by atoms with Crippen molar-refractivity contribution in [2.45, 2.75) is 26.3 Å². The third kappa shape index (κ3) is 5.06. The van der Waals surface area contributed by atoms with Crippen LogP contribution < -0.4 is 4.74 Å². The number of hydrogen-bond acceptors (Lipinski definition) is 7. The SMILES string of the molecule is CC(C)CN(C(=O)COc1ccc(-c2nnco2)cc1)[C@@H]1CCS(=O)(=O)C1. The molecule has 27 heavy (non-hydrogen) atoms. The molecule has 0 radical (unpaired) electrons. The molecule has 3 rings (SSSR count). The quantitative estimate of drug-likeness (QED) is 0.706. The molecule has 1 aliphatic rings. The zero-order valence-electron chi connectivity index (χ0n) is 15.4. The Hall–Kier alpha value is -2.42. The molecule has 2 heterocycles. The van der Waals surface area contributed by atoms with Crippen molar-refractivity contribution in [2.24, 2.45) is 5.92 Å². The van der Waals surface area contributed by atoms with Crippen molar-refractivity contribution in [1.82, 2.24) is 15.1 Å². The van der Waals surface area contributed by atoms with Gasteiger partial charge < -0.3 is 14.1 Å². The summed E-state index contributed by atoms with van der Waals surface area (Å²) >= 11 is 0. The van der Waals surface area contributed by atoms with Gasteiger partial charge in [0.1, 0.15) is 5.75 Å². The molecule has 0 bridgehead atoms. The molecular weight excluding hydrogens is 370 g/mol. The Balaban J connectivity index is 1.61. The predicted octanol–water partition coefficient (Wildman–Crippen LogP) is 1.79. The largest absolute Gasteiger partial charge is 0.484 e. The molecule has 0 unspecified atom stereocenters. The molecule has 2 aromatic rings. The van der Waals surface area contributed by atoms with E-state index in [1.807, 2.05) is 13.8 Å². The molecule has 0 spiro atoms. The summed E-state index contributed by atoms with van der Waals surface area (Å²) in [5, 5.41) is 7.46. The van der Waals surface area contributed by atoms with Crippen LogP contribution in [0.25, 0.3) is 11.5 Å². The highest BCUT2D eigenvalue weighted by atomic mass is 32.2. The van der Waals surface area contributed by atoms with Gasteiger partial charge in [0.25, 0.3) is 5.91 Å². The second-order valence-corrected chi connectivity index (χ2v) is 9.28. The summed E-state index contributed by atoms with van der Waals surface area (Å²) in [4.78, 5) is 14.3. The summed E-state index contributed by atoms with van der Waals surface area (Å²) in [6.45, 7) is 4.38. The number of nitrogens with zero attached hydrogens (tertiary/aromatic N) is 3. The van der Waals surface area contributed by atoms with Crippen LogP contribution >= 0.6 is 0 Å². The number of amides is 1. The van der Waals surface area contributed by atoms with E-state index < -0.39 is 9.84 Å². The lowest BCUT2D eigenvalue weighted by atomic mass is 10.1. The van der Waals surface area contributed by atoms with Crippen molar-refractivity contribution < 1.29 is 22.4 Å². The normalized spacial score (nSPS) is 18.6. The Bertz CT molecular complexity index is 863. The average Bonchev–Trinajstić information content (AvgIpc) is 3.27. The van der Waals surface area contributed by atoms with E-state index in [4.69, 9.17) is 9.15 Å². The molecule has 1 fully saturated rings. The van der Waals surface area contributed by atoms with Gasteiger partial charge in [0.15, 0.2) is 16.4 Å². The van der Waals surface area contributed by atoms with Crippen molar-refractivity contribution in [3.8, 4) is 17.2 Å². The lowest BCUT2D eigenvalue weighted by Gasteiger charge is -2.29. The van der Waals surface area contributed by atoms with E-state index in [1.54, 1.807) is 29.2 Å². The maximum Gasteiger partial charge on any atom is 0.260 e. The maximum atomic E-state index is 12.7. The Labute approximate surface area is 158 Å². The van der Waals surface area contributed by atoms with Crippen LogP contribution in [0, 0.1) is 5.92 Å². The Morgan fingerprint density at radius 3 is 2.63 bits per heavy atom. The first-order chi connectivity index (χ1) is 12.8. The molecule has 1 saturated heterocycles. The summed E-state index contributed by atoms with van der Waals surface area (Å²) in [7, 11) is -3.06. The molecule has 1 aromatic heterocycles. The van der Waals surface area contributed by atoms with Gasteiger partial charge >= 0.3 is 0 Å². The number of aromatic nitrogens is 2. The van der Waals surface area contributed by atoms with Crippen molar-refractivity contribution in [1.29, 1.82) is 0 Å². The number of ether oxygens (including phenoxy) is 1. The highest BCUT2D eigenvalue weighted by Gasteiger charge is 2.34. The Kier molecular flexibility index (Phi) is 5.79. The molecule has 146 valence electrons. The zero-order valence-corrected chi connectivity index (χ0v) is 16.2. The van der Waals surface area contributed by atoms with Gasteiger partial charge in [0.05, 0.1) is 11.5 Å². The van der Waals surface area contributed by atoms with Crippen LogP contribution in [-0.4, -0.2) is 60.1 Å². The van der Waals surface area contributed by atoms with Crippen LogP contribution in [0.5, 0.6) is 5.75 Å². The molecule has 8 nitrogen and oxygen atoms in total. The van der Waals surface area contributed by atoms with Crippen LogP contribution in [0.3, 0.4) is 0 Å². The first-order valence-corrected chi connectivity index (χ1v) is 10.7. The van der Waals surface area contributed by atoms with E-state index in [1.165, 1.54) is 6.39 Å². The van der Waals surface area contributed by atoms with Gasteiger partial charge in [-0.2, -0.15) is 0 Å². The minimum atomic E-state index is -3.06. The molecule has 0 aliphatic carbocycles. The second kappa shape index (κ2) is 8.08. The fourth-order valence-electron chi connectivity index (χ4n) is 3.09. The monoisotopic (exact) mass is 393 g/mol. The Morgan fingerprint density at radius 2 is 2.07 bits per heavy atom. The second-order valence-electron chi connectivity index (χ2n) is 7.05. The zero-order chi connectivity index (χ0) is 19.4. The third-order valence-electron chi connectivity index (χ3n) is 4.35. The minimum absolute atomic E-state index is 0.0321. The maximum absolute atomic E-state index is 12.7. The summed E-state index contributed by atoms with van der Waals surface area (Å²) in [5.41, 5.74) is 0.753. The van der Waals surface area contributed by atoms with Gasteiger partial charge in [-0.15, -0.1) is 10.2 Å². The third-order valence-corrected chi connectivity index (χ3v) is 6.11. The Morgan fingerprint density at radius 1 is 1.33 bits per heavy atom. The number of hydrogen-bond donors (Lipinski definition) is 0. The van der Waals surface area contributed by atoms with Gasteiger partial charge in [-0.05, 0) is 36.6 Å². The van der Waals surface area contributed by atoms with Crippen LogP contribution in [-0.2, 0) is 14.6 Å². The summed E-state index contributed by atoms with van der Waals surface area (Å²) < 4.78 is 34.3. The van der Waals surface area contributed by atoms with Crippen LogP contribution in [0.15, 0.2) is 35.1 Å². The summed E-state index contributed by atoms with van der Waals surface area (Å²) in [6, 6.07) is 6.71. The first kappa shape index (κ1) is 19.3. The fourth-order valence-corrected chi connectivity index (χ4v) is 4.82. The molecule has 1 amide bonds. The van der Waals surface area contributed by atoms with Gasteiger partial charge in [-0.25, -0.2) is 8.42 Å². The fraction of sp³-hybridized carbons (Fsp3) is 0.500. The molecule has 1 atom stereocenters. The lowest BCUT2D eigenvalue weighted by molar-refractivity contribution is -0.135. The average molecular weight is 393 g/mol. The van der Waals surface area contributed by atoms with Crippen molar-refractivity contribution in [3.63, 3.8) is 0 Å². The van der Waals surface area contributed by atoms with E-state index in [0.29, 0.717) is 24.6 Å². The van der Waals surface area contributed by atoms with Crippen molar-refractivity contribution >= 4 is 15.7 Å². The molecule has 1 aromatic carbocycles. The molecule has 0 N–H and O–H groups in total. The van der Waals surface area contributed by atoms with Crippen LogP contribution in [0.1, 0.15) is 20.3 Å². The number of rotatable bonds is 7. The van der Waals surface area contributed by atoms with Gasteiger partial charge in [-0.3, -0.25) is 4.79 Å². The number of benzene rings is 1. The molecular formula is C18H23N3O5S. The standard InChI is InChI=1S/C18H23N3O5S/c1-13(2)9-21(15-7-8-27(23,24)11-15)17(22)10-25-16-5-3-14(4-6-16)18-20-19-12-26-18/h3-6,12-13,15H,7-11H2,1-2H3/t15-/m1/s1. The lowest BCUT2D eigenvalue weighted by Crippen LogP contribution is -2.45. The van der Waals surface area contributed by atoms with E-state index >= 15 is 0 Å². The highest BCUT2D eigenvalue weighted by Crippen LogP contribution is 2.22. The van der Waals surface area contributed by atoms with Crippen LogP contribution in [0.2, 0.25) is 0 Å². The molecule has 0 saturated carbocycles. The van der Waals surface area contributed by atoms with Crippen LogP contribution in [0.4, 0.5) is 0 Å². The summed E-state index contributed by atoms with van der Waals surface area (Å²) in [6.07, 6.45) is 1.74. The molecule has 9 heteroatoms. The van der Waals surface area contributed by atoms with Gasteiger partial charge in [0, 0.05) is 18.2 Å². The van der Waals surface area contributed by atoms with E-state index in [2.05, 4.69) is 10.2 Å². The topological polar surface area (TPSA) is 103 Å². The summed E-state index contributed by atoms with van der Waals surface area (Å²) in [5.74, 6) is 1.15. The number of carbonyl (C=O) groups excluding carboxylic acids is 1. The van der Waals surface area contributed by atoms with Crippen molar-refractivity contribution in [2.75, 3.05) is 24.7 Å². The van der Waals surface area contributed by atoms with E-state index in [-0.39, 0.29) is 36.0 Å². The number of sulfone groups is 1. The van der Waals surface area contributed by atoms with Gasteiger partial charge in [0.2, 0.25) is 12.3 Å². The first-order valence-electron chi connectivity index (χ1n) is 8.83. The predicted molar refractivity (Wildman–Crippen MR) is 98.8 cm³/mol. The number of carbonyl (C=O) groups is 1. The minimum Gasteiger partial charge on any atom is -0.484 e. The highest BCUT2D eigenvalue weighted by molar-refractivity contribution is 7.91. The van der Waals surface area contributed by atoms with Gasteiger partial charge in [-0.1, -0.05) is 13.8 Å². The molecule has 1 aliphatic heterocycles. The van der Waals surface area contributed by atoms with E-state index in [0.717, 1.165) is 5.56 Å². The van der Waals surface area contributed by atoms with Crippen molar-refractivity contribution in [3.05, 3.63) is 30.7 Å².